The average molecular weight is 958 g/mol. The molecule has 0 aromatic heterocycles. The van der Waals surface area contributed by atoms with Gasteiger partial charge < -0.3 is 66.5 Å². The normalized spacial score (nSPS) is 31.3. The molecule has 17 heteroatoms. The second-order valence-electron chi connectivity index (χ2n) is 20.3. The second kappa shape index (κ2) is 32.9. The Hall–Kier alpha value is -0.920. The summed E-state index contributed by atoms with van der Waals surface area (Å²) in [4.78, 5) is 13.4. The van der Waals surface area contributed by atoms with Gasteiger partial charge in [-0.3, -0.25) is 4.79 Å². The first-order valence-corrected chi connectivity index (χ1v) is 25.1. The summed E-state index contributed by atoms with van der Waals surface area (Å²) in [7, 11) is 15.2. The van der Waals surface area contributed by atoms with Crippen molar-refractivity contribution in [2.24, 2.45) is 5.92 Å². The number of carbonyl (C=O) groups excluding carboxylic acids is 1. The van der Waals surface area contributed by atoms with Gasteiger partial charge in [0.2, 0.25) is 5.91 Å². The lowest BCUT2D eigenvalue weighted by Crippen LogP contribution is -2.40. The number of hydrogen-bond acceptors (Lipinski definition) is 14. The molecule has 0 N–H and O–H groups in total. The van der Waals surface area contributed by atoms with E-state index in [-0.39, 0.29) is 134 Å². The molecule has 14 atom stereocenters. The standard InChI is InChI=1S/C13H25BO3.C13H25NO3.C12H23BO4.C12H24O4/c1-7(2)15-10(6)12-11(16-8(3)4)9(5)13(14)17-12;1-9(2)16-8-12-6-13(17-10(3)4)7-14(12)11(5)15;1-7(2)15-6-9-10(14-5)11(12(13)17-9)16-8(3)4;1-8(2)14-7-11-12(16-9(3)4)10(13-5)6-15-11/h7-13H,1-6H3;9-10,12-13H,6-8H2,1-5H3;7-12H,6H2,1-5H3;8-12H,6-7H2,1-5H3/t9-,10?,11?,12+,13+;12-,13+;9-,10?,11+,12-;10-,11-,12?/m0011/s1. The quantitative estimate of drug-likeness (QED) is 0.107. The van der Waals surface area contributed by atoms with Gasteiger partial charge in [0, 0.05) is 45.6 Å². The molecule has 4 unspecified atom stereocenters. The number of rotatable bonds is 22. The van der Waals surface area contributed by atoms with Crippen molar-refractivity contribution >= 4 is 21.6 Å². The van der Waals surface area contributed by atoms with Gasteiger partial charge in [0.15, 0.2) is 0 Å². The molecule has 4 fully saturated rings. The fraction of sp³-hybridized carbons (Fsp3) is 0.980. The fourth-order valence-electron chi connectivity index (χ4n) is 8.17. The third-order valence-corrected chi connectivity index (χ3v) is 11.1. The van der Waals surface area contributed by atoms with E-state index in [2.05, 4.69) is 6.92 Å². The molecule has 67 heavy (non-hydrogen) atoms. The van der Waals surface area contributed by atoms with Crippen molar-refractivity contribution in [1.82, 2.24) is 4.90 Å². The summed E-state index contributed by atoms with van der Waals surface area (Å²) in [6, 6.07) is -0.552. The minimum atomic E-state index is -0.455. The number of methoxy groups -OCH3 is 2. The first-order valence-electron chi connectivity index (χ1n) is 25.1. The van der Waals surface area contributed by atoms with Crippen LogP contribution in [0.3, 0.4) is 0 Å². The fourth-order valence-corrected chi connectivity index (χ4v) is 8.17. The smallest absolute Gasteiger partial charge is 0.219 e. The predicted octanol–water partition coefficient (Wildman–Crippen LogP) is 6.68. The Morgan fingerprint density at radius 3 is 1.54 bits per heavy atom. The van der Waals surface area contributed by atoms with Crippen molar-refractivity contribution in [2.45, 2.75) is 266 Å². The van der Waals surface area contributed by atoms with Crippen LogP contribution in [0.15, 0.2) is 0 Å². The number of likely N-dealkylation sites (tertiary alicyclic amines) is 1. The number of amides is 1. The highest BCUT2D eigenvalue weighted by molar-refractivity contribution is 6.11. The van der Waals surface area contributed by atoms with Crippen LogP contribution in [0, 0.1) is 5.92 Å². The molecule has 4 radical (unpaired) electrons. The molecule has 392 valence electrons. The molecule has 4 rings (SSSR count). The van der Waals surface area contributed by atoms with Gasteiger partial charge in [0.25, 0.3) is 0 Å². The monoisotopic (exact) mass is 958 g/mol. The molecule has 0 aromatic carbocycles. The Bertz CT molecular complexity index is 1280. The second-order valence-corrected chi connectivity index (χ2v) is 20.3. The summed E-state index contributed by atoms with van der Waals surface area (Å²) in [6.45, 7) is 40.8. The van der Waals surface area contributed by atoms with Crippen LogP contribution in [0.4, 0.5) is 0 Å². The maximum Gasteiger partial charge on any atom is 0.219 e. The molecule has 4 aliphatic heterocycles. The first kappa shape index (κ1) is 64.1. The van der Waals surface area contributed by atoms with Crippen molar-refractivity contribution in [2.75, 3.05) is 47.2 Å². The van der Waals surface area contributed by atoms with Crippen molar-refractivity contribution in [1.29, 1.82) is 0 Å². The highest BCUT2D eigenvalue weighted by Gasteiger charge is 2.45. The van der Waals surface area contributed by atoms with Gasteiger partial charge in [0.1, 0.15) is 58.4 Å². The molecular weight excluding hydrogens is 860 g/mol. The summed E-state index contributed by atoms with van der Waals surface area (Å²) in [5.41, 5.74) is 0. The van der Waals surface area contributed by atoms with Gasteiger partial charge in [-0.25, -0.2) is 0 Å². The topological polar surface area (TPSA) is 140 Å². The number of hydrogen-bond donors (Lipinski definition) is 0. The lowest BCUT2D eigenvalue weighted by Gasteiger charge is -2.29. The highest BCUT2D eigenvalue weighted by atomic mass is 16.6. The molecule has 4 heterocycles. The minimum absolute atomic E-state index is 0.00486. The van der Waals surface area contributed by atoms with Gasteiger partial charge in [0.05, 0.1) is 99.6 Å². The number of nitrogens with zero attached hydrogens (tertiary/aromatic N) is 1. The summed E-state index contributed by atoms with van der Waals surface area (Å²) in [5, 5.41) is 0. The van der Waals surface area contributed by atoms with Crippen LogP contribution in [0.5, 0.6) is 0 Å². The first-order chi connectivity index (χ1) is 31.2. The van der Waals surface area contributed by atoms with E-state index in [4.69, 9.17) is 77.3 Å². The Morgan fingerprint density at radius 2 is 1.07 bits per heavy atom. The number of ether oxygens (including phenoxy) is 13. The van der Waals surface area contributed by atoms with Gasteiger partial charge in [-0.05, 0) is 124 Å². The lowest BCUT2D eigenvalue weighted by molar-refractivity contribution is -0.131. The molecule has 0 aliphatic carbocycles. The van der Waals surface area contributed by atoms with E-state index in [1.807, 2.05) is 123 Å². The maximum absolute atomic E-state index is 11.5. The average Bonchev–Trinajstić information content (AvgIpc) is 3.95. The molecule has 0 bridgehead atoms. The molecule has 0 saturated carbocycles. The summed E-state index contributed by atoms with van der Waals surface area (Å²) < 4.78 is 73.6. The van der Waals surface area contributed by atoms with E-state index in [1.165, 1.54) is 0 Å². The van der Waals surface area contributed by atoms with E-state index in [9.17, 15) is 4.79 Å². The van der Waals surface area contributed by atoms with Crippen molar-refractivity contribution < 1.29 is 66.4 Å². The summed E-state index contributed by atoms with van der Waals surface area (Å²) >= 11 is 0. The molecule has 0 spiro atoms. The number of carbonyl (C=O) groups is 1. The van der Waals surface area contributed by atoms with Crippen LogP contribution in [-0.2, 0) is 66.4 Å². The SMILES string of the molecule is CC(=O)N1C[C@H](OC(C)C)C[C@H]1COC(C)C.CO[C@@H]1CO[C@H](COC(C)C)C1OC(C)C.[B][C@@H]1O[C@H](C(C)OC(C)C)C(OC(C)C)[C@@H]1C.[B][C@@H]1O[C@H](COC(C)C)C(OC)[C@@H]1OC(C)C. The third-order valence-electron chi connectivity index (χ3n) is 11.1. The van der Waals surface area contributed by atoms with Crippen LogP contribution >= 0.6 is 0 Å². The van der Waals surface area contributed by atoms with Crippen LogP contribution in [0.1, 0.15) is 138 Å². The van der Waals surface area contributed by atoms with Crippen molar-refractivity contribution in [3.63, 3.8) is 0 Å². The Morgan fingerprint density at radius 1 is 0.582 bits per heavy atom. The lowest BCUT2D eigenvalue weighted by atomic mass is 9.85. The Labute approximate surface area is 410 Å². The molecule has 0 aromatic rings. The van der Waals surface area contributed by atoms with E-state index >= 15 is 0 Å². The van der Waals surface area contributed by atoms with Gasteiger partial charge in [-0.1, -0.05) is 6.92 Å². The summed E-state index contributed by atoms with van der Waals surface area (Å²) in [5.74, 6) is 0.304. The van der Waals surface area contributed by atoms with Crippen LogP contribution in [0.2, 0.25) is 0 Å². The minimum Gasteiger partial charge on any atom is -0.379 e. The summed E-state index contributed by atoms with van der Waals surface area (Å²) in [6.07, 6.45) is 1.76. The molecule has 4 aliphatic rings. The maximum atomic E-state index is 11.5. The van der Waals surface area contributed by atoms with Gasteiger partial charge in [-0.2, -0.15) is 0 Å². The largest absolute Gasteiger partial charge is 0.379 e. The van der Waals surface area contributed by atoms with E-state index in [0.29, 0.717) is 33.0 Å². The van der Waals surface area contributed by atoms with Crippen molar-refractivity contribution in [3.8, 4) is 0 Å². The zero-order chi connectivity index (χ0) is 51.3. The zero-order valence-electron chi connectivity index (χ0n) is 45.8. The molecular formula is C50H97B2NO14. The van der Waals surface area contributed by atoms with Crippen LogP contribution in [0.25, 0.3) is 0 Å². The Balaban J connectivity index is 0.000000447. The van der Waals surface area contributed by atoms with E-state index < -0.39 is 6.00 Å². The van der Waals surface area contributed by atoms with Gasteiger partial charge in [-0.15, -0.1) is 0 Å². The predicted molar refractivity (Wildman–Crippen MR) is 264 cm³/mol. The molecule has 1 amide bonds. The van der Waals surface area contributed by atoms with Crippen molar-refractivity contribution in [3.05, 3.63) is 0 Å². The molecule has 15 nitrogen and oxygen atoms in total. The zero-order valence-corrected chi connectivity index (χ0v) is 45.8. The van der Waals surface area contributed by atoms with E-state index in [0.717, 1.165) is 6.42 Å². The molecule has 4 saturated heterocycles. The highest BCUT2D eigenvalue weighted by Crippen LogP contribution is 2.32. The van der Waals surface area contributed by atoms with Gasteiger partial charge >= 0.3 is 0 Å². The Kier molecular flexibility index (Phi) is 31.5. The van der Waals surface area contributed by atoms with Crippen LogP contribution in [-0.4, -0.2) is 202 Å². The van der Waals surface area contributed by atoms with E-state index in [1.54, 1.807) is 21.1 Å². The van der Waals surface area contributed by atoms with Crippen LogP contribution < -0.4 is 0 Å². The third kappa shape index (κ3) is 24.4.